The molecule has 1 saturated heterocycles. The van der Waals surface area contributed by atoms with Crippen LogP contribution in [0.25, 0.3) is 0 Å². The van der Waals surface area contributed by atoms with Crippen LogP contribution < -0.4 is 10.6 Å². The van der Waals surface area contributed by atoms with Crippen LogP contribution in [0.5, 0.6) is 0 Å². The molecule has 1 aliphatic heterocycles. The second kappa shape index (κ2) is 8.05. The molecular weight excluding hydrogens is 321 g/mol. The van der Waals surface area contributed by atoms with Crippen LogP contribution in [0.3, 0.4) is 0 Å². The largest absolute Gasteiger partial charge is 0.324 e. The van der Waals surface area contributed by atoms with Gasteiger partial charge in [-0.1, -0.05) is 29.3 Å². The fourth-order valence-corrected chi connectivity index (χ4v) is 2.36. The van der Waals surface area contributed by atoms with Gasteiger partial charge in [0.2, 0.25) is 5.91 Å². The Bertz CT molecular complexity index is 446. The first-order valence-electron chi connectivity index (χ1n) is 6.22. The lowest BCUT2D eigenvalue weighted by molar-refractivity contribution is -0.116. The van der Waals surface area contributed by atoms with Gasteiger partial charge in [0.05, 0.1) is 15.7 Å². The lowest BCUT2D eigenvalue weighted by atomic mass is 10.1. The minimum Gasteiger partial charge on any atom is -0.324 e. The lowest BCUT2D eigenvalue weighted by Gasteiger charge is -2.35. The number of carbonyl (C=O) groups excluding carboxylic acids is 1. The third-order valence-corrected chi connectivity index (χ3v) is 3.93. The predicted octanol–water partition coefficient (Wildman–Crippen LogP) is 2.65. The van der Waals surface area contributed by atoms with E-state index in [0.29, 0.717) is 28.2 Å². The average molecular weight is 339 g/mol. The molecule has 0 atom stereocenters. The van der Waals surface area contributed by atoms with Crippen LogP contribution in [0.4, 0.5) is 5.69 Å². The number of hydrogen-bond acceptors (Lipinski definition) is 3. The van der Waals surface area contributed by atoms with E-state index in [0.717, 1.165) is 19.6 Å². The van der Waals surface area contributed by atoms with Gasteiger partial charge in [0, 0.05) is 32.1 Å². The molecule has 0 saturated carbocycles. The zero-order chi connectivity index (χ0) is 13.8. The molecule has 0 bridgehead atoms. The van der Waals surface area contributed by atoms with Gasteiger partial charge >= 0.3 is 0 Å². The first kappa shape index (κ1) is 17.5. The van der Waals surface area contributed by atoms with E-state index in [-0.39, 0.29) is 18.3 Å². The summed E-state index contributed by atoms with van der Waals surface area (Å²) in [6.45, 7) is 2.71. The second-order valence-corrected chi connectivity index (χ2v) is 5.50. The maximum absolute atomic E-state index is 11.9. The molecule has 0 aromatic heterocycles. The van der Waals surface area contributed by atoms with Gasteiger partial charge in [-0.3, -0.25) is 4.79 Å². The Morgan fingerprint density at radius 3 is 2.50 bits per heavy atom. The summed E-state index contributed by atoms with van der Waals surface area (Å²) in [6.07, 6.45) is 0.425. The van der Waals surface area contributed by atoms with Gasteiger partial charge in [0.1, 0.15) is 0 Å². The molecule has 1 fully saturated rings. The molecule has 7 heteroatoms. The van der Waals surface area contributed by atoms with Crippen molar-refractivity contribution in [3.05, 3.63) is 28.2 Å². The van der Waals surface area contributed by atoms with E-state index < -0.39 is 0 Å². The van der Waals surface area contributed by atoms with Crippen molar-refractivity contribution in [1.82, 2.24) is 10.2 Å². The predicted molar refractivity (Wildman–Crippen MR) is 86.2 cm³/mol. The van der Waals surface area contributed by atoms with Crippen molar-refractivity contribution >= 4 is 47.2 Å². The van der Waals surface area contributed by atoms with Crippen LogP contribution in [0, 0.1) is 0 Å². The standard InChI is InChI=1S/C13H17Cl2N3O.ClH/c1-18(9-7-16-8-9)6-5-12(19)17-13-10(14)3-2-4-11(13)15;/h2-4,9,16H,5-8H2,1H3,(H,17,19);1H. The molecule has 112 valence electrons. The summed E-state index contributed by atoms with van der Waals surface area (Å²) in [6, 6.07) is 5.69. The van der Waals surface area contributed by atoms with Crippen molar-refractivity contribution in [2.45, 2.75) is 12.5 Å². The van der Waals surface area contributed by atoms with Gasteiger partial charge in [0.15, 0.2) is 0 Å². The Morgan fingerprint density at radius 2 is 2.00 bits per heavy atom. The Morgan fingerprint density at radius 1 is 1.40 bits per heavy atom. The molecule has 2 rings (SSSR count). The van der Waals surface area contributed by atoms with Gasteiger partial charge in [-0.05, 0) is 19.2 Å². The fourth-order valence-electron chi connectivity index (χ4n) is 1.86. The zero-order valence-corrected chi connectivity index (χ0v) is 13.5. The zero-order valence-electron chi connectivity index (χ0n) is 11.2. The first-order chi connectivity index (χ1) is 9.08. The van der Waals surface area contributed by atoms with E-state index in [1.165, 1.54) is 0 Å². The number of benzene rings is 1. The van der Waals surface area contributed by atoms with Crippen LogP contribution >= 0.6 is 35.6 Å². The highest BCUT2D eigenvalue weighted by Gasteiger charge is 2.21. The maximum Gasteiger partial charge on any atom is 0.225 e. The van der Waals surface area contributed by atoms with Crippen LogP contribution in [-0.4, -0.2) is 43.5 Å². The van der Waals surface area contributed by atoms with E-state index in [2.05, 4.69) is 15.5 Å². The molecule has 1 amide bonds. The summed E-state index contributed by atoms with van der Waals surface area (Å²) in [5.74, 6) is -0.0749. The molecule has 20 heavy (non-hydrogen) atoms. The quantitative estimate of drug-likeness (QED) is 0.867. The number of halogens is 3. The van der Waals surface area contributed by atoms with E-state index >= 15 is 0 Å². The molecular formula is C13H18Cl3N3O. The molecule has 0 aliphatic carbocycles. The summed E-state index contributed by atoms with van der Waals surface area (Å²) in [5, 5.41) is 6.88. The smallest absolute Gasteiger partial charge is 0.225 e. The SMILES string of the molecule is CN(CCC(=O)Nc1c(Cl)cccc1Cl)C1CNC1.Cl. The monoisotopic (exact) mass is 337 g/mol. The highest BCUT2D eigenvalue weighted by molar-refractivity contribution is 6.39. The van der Waals surface area contributed by atoms with Gasteiger partial charge in [0.25, 0.3) is 0 Å². The number of carbonyl (C=O) groups is 1. The van der Waals surface area contributed by atoms with Crippen molar-refractivity contribution < 1.29 is 4.79 Å². The Balaban J connectivity index is 0.00000200. The number of nitrogens with one attached hydrogen (secondary N) is 2. The van der Waals surface area contributed by atoms with Crippen LogP contribution in [0.1, 0.15) is 6.42 Å². The molecule has 4 nitrogen and oxygen atoms in total. The number of amides is 1. The van der Waals surface area contributed by atoms with Gasteiger partial charge in [-0.2, -0.15) is 0 Å². The van der Waals surface area contributed by atoms with Crippen LogP contribution in [-0.2, 0) is 4.79 Å². The summed E-state index contributed by atoms with van der Waals surface area (Å²) in [5.41, 5.74) is 0.490. The van der Waals surface area contributed by atoms with Crippen molar-refractivity contribution in [1.29, 1.82) is 0 Å². The second-order valence-electron chi connectivity index (χ2n) is 4.69. The molecule has 0 spiro atoms. The van der Waals surface area contributed by atoms with E-state index in [9.17, 15) is 4.79 Å². The molecule has 1 aromatic carbocycles. The molecule has 1 aliphatic rings. The number of hydrogen-bond donors (Lipinski definition) is 2. The highest BCUT2D eigenvalue weighted by atomic mass is 35.5. The summed E-state index contributed by atoms with van der Waals surface area (Å²) in [4.78, 5) is 14.1. The number of para-hydroxylation sites is 1. The summed E-state index contributed by atoms with van der Waals surface area (Å²) < 4.78 is 0. The molecule has 0 unspecified atom stereocenters. The van der Waals surface area contributed by atoms with E-state index in [1.807, 2.05) is 7.05 Å². The van der Waals surface area contributed by atoms with Gasteiger partial charge < -0.3 is 15.5 Å². The third-order valence-electron chi connectivity index (χ3n) is 3.30. The summed E-state index contributed by atoms with van der Waals surface area (Å²) >= 11 is 12.0. The van der Waals surface area contributed by atoms with Crippen LogP contribution in [0.15, 0.2) is 18.2 Å². The Labute approximate surface area is 135 Å². The average Bonchev–Trinajstić information content (AvgIpc) is 2.29. The van der Waals surface area contributed by atoms with Gasteiger partial charge in [-0.25, -0.2) is 0 Å². The fraction of sp³-hybridized carbons (Fsp3) is 0.462. The van der Waals surface area contributed by atoms with E-state index in [4.69, 9.17) is 23.2 Å². The van der Waals surface area contributed by atoms with Crippen molar-refractivity contribution in [3.8, 4) is 0 Å². The van der Waals surface area contributed by atoms with Crippen molar-refractivity contribution in [3.63, 3.8) is 0 Å². The van der Waals surface area contributed by atoms with Gasteiger partial charge in [-0.15, -0.1) is 12.4 Å². The molecule has 1 aromatic rings. The Hall–Kier alpha value is -0.520. The minimum atomic E-state index is -0.0749. The molecule has 0 radical (unpaired) electrons. The number of likely N-dealkylation sites (N-methyl/N-ethyl adjacent to an activating group) is 1. The lowest BCUT2D eigenvalue weighted by Crippen LogP contribution is -2.56. The Kier molecular flexibility index (Phi) is 7.06. The molecule has 1 heterocycles. The summed E-state index contributed by atoms with van der Waals surface area (Å²) in [7, 11) is 2.03. The number of anilines is 1. The normalized spacial score (nSPS) is 14.6. The highest BCUT2D eigenvalue weighted by Crippen LogP contribution is 2.29. The first-order valence-corrected chi connectivity index (χ1v) is 6.98. The number of rotatable bonds is 5. The van der Waals surface area contributed by atoms with Crippen LogP contribution in [0.2, 0.25) is 10.0 Å². The van der Waals surface area contributed by atoms with E-state index in [1.54, 1.807) is 18.2 Å². The third kappa shape index (κ3) is 4.50. The molecule has 2 N–H and O–H groups in total. The van der Waals surface area contributed by atoms with Crippen molar-refractivity contribution in [2.75, 3.05) is 32.0 Å². The number of nitrogens with zero attached hydrogens (tertiary/aromatic N) is 1. The van der Waals surface area contributed by atoms with Crippen molar-refractivity contribution in [2.24, 2.45) is 0 Å². The topological polar surface area (TPSA) is 44.4 Å². The maximum atomic E-state index is 11.9. The minimum absolute atomic E-state index is 0.